The lowest BCUT2D eigenvalue weighted by molar-refractivity contribution is 0.0186. The maximum Gasteiger partial charge on any atom is 0.410 e. The Morgan fingerprint density at radius 3 is 2.27 bits per heavy atom. The molecule has 0 aliphatic carbocycles. The number of aromatic nitrogens is 1. The van der Waals surface area contributed by atoms with E-state index in [2.05, 4.69) is 28.5 Å². The van der Waals surface area contributed by atoms with Crippen molar-refractivity contribution in [2.24, 2.45) is 0 Å². The van der Waals surface area contributed by atoms with Gasteiger partial charge in [0.05, 0.1) is 24.9 Å². The molecule has 2 aromatic rings. The van der Waals surface area contributed by atoms with Gasteiger partial charge in [-0.05, 0) is 90.5 Å². The smallest absolute Gasteiger partial charge is 0.410 e. The number of morpholine rings is 1. The summed E-state index contributed by atoms with van der Waals surface area (Å²) >= 11 is 0. The van der Waals surface area contributed by atoms with Crippen LogP contribution < -0.4 is 0 Å². The van der Waals surface area contributed by atoms with Gasteiger partial charge in [-0.25, -0.2) is 9.59 Å². The molecule has 37 heavy (non-hydrogen) atoms. The van der Waals surface area contributed by atoms with Crippen molar-refractivity contribution in [1.29, 1.82) is 0 Å². The molecule has 4 heterocycles. The van der Waals surface area contributed by atoms with Crippen LogP contribution in [0.4, 0.5) is 4.79 Å². The molecule has 0 spiro atoms. The summed E-state index contributed by atoms with van der Waals surface area (Å²) < 4.78 is 19.0. The van der Waals surface area contributed by atoms with Crippen LogP contribution in [0.5, 0.6) is 0 Å². The quantitative estimate of drug-likeness (QED) is 0.504. The van der Waals surface area contributed by atoms with Gasteiger partial charge in [-0.2, -0.15) is 0 Å². The first-order valence-electron chi connectivity index (χ1n) is 13.6. The van der Waals surface area contributed by atoms with E-state index in [1.54, 1.807) is 0 Å². The van der Waals surface area contributed by atoms with E-state index in [0.29, 0.717) is 24.6 Å². The van der Waals surface area contributed by atoms with Gasteiger partial charge in [-0.15, -0.1) is 0 Å². The normalized spacial score (nSPS) is 18.9. The van der Waals surface area contributed by atoms with E-state index in [-0.39, 0.29) is 24.2 Å². The first kappa shape index (κ1) is 27.5. The van der Waals surface area contributed by atoms with Crippen molar-refractivity contribution in [1.82, 2.24) is 14.2 Å². The number of carbonyl (C=O) groups is 2. The molecule has 2 aliphatic rings. The average molecular weight is 514 g/mol. The van der Waals surface area contributed by atoms with Gasteiger partial charge >= 0.3 is 12.1 Å². The number of carbonyl (C=O) groups excluding carboxylic acids is 2. The van der Waals surface area contributed by atoms with Crippen molar-refractivity contribution >= 4 is 17.6 Å². The van der Waals surface area contributed by atoms with Crippen LogP contribution in [0.15, 0.2) is 18.3 Å². The number of nitrogens with zero attached hydrogens (tertiary/aromatic N) is 3. The average Bonchev–Trinajstić information content (AvgIpc) is 3.26. The topological polar surface area (TPSA) is 72.7 Å². The van der Waals surface area contributed by atoms with E-state index < -0.39 is 5.60 Å². The van der Waals surface area contributed by atoms with Crippen molar-refractivity contribution < 1.29 is 23.8 Å². The molecule has 1 atom stereocenters. The van der Waals surface area contributed by atoms with Gasteiger partial charge in [0.1, 0.15) is 5.60 Å². The van der Waals surface area contributed by atoms with Crippen LogP contribution in [-0.2, 0) is 14.2 Å². The Morgan fingerprint density at radius 2 is 1.68 bits per heavy atom. The molecule has 0 N–H and O–H groups in total. The van der Waals surface area contributed by atoms with Crippen LogP contribution in [-0.4, -0.2) is 77.4 Å². The molecule has 1 amide bonds. The van der Waals surface area contributed by atoms with Gasteiger partial charge in [-0.1, -0.05) is 0 Å². The Balaban J connectivity index is 1.64. The van der Waals surface area contributed by atoms with Crippen molar-refractivity contribution in [3.63, 3.8) is 0 Å². The lowest BCUT2D eigenvalue weighted by atomic mass is 9.91. The highest BCUT2D eigenvalue weighted by atomic mass is 16.6. The van der Waals surface area contributed by atoms with Gasteiger partial charge in [0, 0.05) is 49.6 Å². The van der Waals surface area contributed by atoms with Crippen molar-refractivity contribution in [2.45, 2.75) is 85.0 Å². The standard InChI is InChI=1S/C29H43N3O5/c1-19(2)36-27(33)25-17-24-16-23(22-8-10-31(11-9-22)28(34)37-29(5,6)7)18-32(24)26(20(25)3)21(4)30-12-14-35-15-13-30/h16-19,21-22H,8-15H2,1-7H3. The minimum atomic E-state index is -0.492. The van der Waals surface area contributed by atoms with Crippen LogP contribution in [0.25, 0.3) is 5.52 Å². The summed E-state index contributed by atoms with van der Waals surface area (Å²) in [5.41, 5.74) is 4.45. The summed E-state index contributed by atoms with van der Waals surface area (Å²) in [5, 5.41) is 0. The number of likely N-dealkylation sites (tertiary alicyclic amines) is 1. The third-order valence-corrected chi connectivity index (χ3v) is 7.38. The highest BCUT2D eigenvalue weighted by Crippen LogP contribution is 2.34. The summed E-state index contributed by atoms with van der Waals surface area (Å²) in [4.78, 5) is 29.8. The third-order valence-electron chi connectivity index (χ3n) is 7.38. The molecular weight excluding hydrogens is 470 g/mol. The van der Waals surface area contributed by atoms with Crippen molar-refractivity contribution in [2.75, 3.05) is 39.4 Å². The molecule has 1 unspecified atom stereocenters. The molecule has 2 aliphatic heterocycles. The van der Waals surface area contributed by atoms with E-state index >= 15 is 0 Å². The van der Waals surface area contributed by atoms with E-state index in [1.807, 2.05) is 52.5 Å². The first-order valence-corrected chi connectivity index (χ1v) is 13.6. The molecule has 2 aromatic heterocycles. The number of amides is 1. The van der Waals surface area contributed by atoms with Crippen LogP contribution in [0.2, 0.25) is 0 Å². The molecule has 0 saturated carbocycles. The number of fused-ring (bicyclic) bond motifs is 1. The highest BCUT2D eigenvalue weighted by Gasteiger charge is 2.30. The lowest BCUT2D eigenvalue weighted by Gasteiger charge is -2.34. The Hall–Kier alpha value is -2.58. The fourth-order valence-electron chi connectivity index (χ4n) is 5.48. The zero-order valence-electron chi connectivity index (χ0n) is 23.5. The number of ether oxygens (including phenoxy) is 3. The minimum absolute atomic E-state index is 0.118. The maximum atomic E-state index is 13.1. The Bertz CT molecular complexity index is 1120. The predicted molar refractivity (Wildman–Crippen MR) is 143 cm³/mol. The Morgan fingerprint density at radius 1 is 1.03 bits per heavy atom. The second-order valence-corrected chi connectivity index (χ2v) is 11.7. The molecule has 2 fully saturated rings. The molecule has 0 aromatic carbocycles. The third kappa shape index (κ3) is 6.29. The van der Waals surface area contributed by atoms with Gasteiger partial charge in [0.25, 0.3) is 0 Å². The molecular formula is C29H43N3O5. The predicted octanol–water partition coefficient (Wildman–Crippen LogP) is 5.32. The summed E-state index contributed by atoms with van der Waals surface area (Å²) in [6.45, 7) is 18.2. The van der Waals surface area contributed by atoms with Gasteiger partial charge in [0.15, 0.2) is 0 Å². The molecule has 0 bridgehead atoms. The number of esters is 1. The summed E-state index contributed by atoms with van der Waals surface area (Å²) in [5.74, 6) is 0.0651. The molecule has 8 heteroatoms. The zero-order valence-corrected chi connectivity index (χ0v) is 23.5. The SMILES string of the molecule is Cc1c(C(=O)OC(C)C)cc2cc(C3CCN(C(=O)OC(C)(C)C)CC3)cn2c1C(C)N1CCOCC1. The first-order chi connectivity index (χ1) is 17.4. The largest absolute Gasteiger partial charge is 0.459 e. The maximum absolute atomic E-state index is 13.1. The zero-order chi connectivity index (χ0) is 26.9. The Labute approximate surface area is 220 Å². The van der Waals surface area contributed by atoms with E-state index in [0.717, 1.165) is 55.9 Å². The van der Waals surface area contributed by atoms with Crippen LogP contribution in [0.3, 0.4) is 0 Å². The van der Waals surface area contributed by atoms with Crippen LogP contribution in [0.1, 0.15) is 93.5 Å². The molecule has 8 nitrogen and oxygen atoms in total. The van der Waals surface area contributed by atoms with Gasteiger partial charge < -0.3 is 23.5 Å². The van der Waals surface area contributed by atoms with E-state index in [9.17, 15) is 9.59 Å². The van der Waals surface area contributed by atoms with Crippen LogP contribution in [0, 0.1) is 6.92 Å². The highest BCUT2D eigenvalue weighted by molar-refractivity contribution is 5.93. The molecule has 2 saturated heterocycles. The summed E-state index contributed by atoms with van der Waals surface area (Å²) in [6, 6.07) is 4.29. The molecule has 0 radical (unpaired) electrons. The van der Waals surface area contributed by atoms with E-state index in [1.165, 1.54) is 5.56 Å². The fourth-order valence-corrected chi connectivity index (χ4v) is 5.48. The minimum Gasteiger partial charge on any atom is -0.459 e. The van der Waals surface area contributed by atoms with E-state index in [4.69, 9.17) is 14.2 Å². The number of hydrogen-bond acceptors (Lipinski definition) is 6. The number of rotatable bonds is 5. The fraction of sp³-hybridized carbons (Fsp3) is 0.655. The molecule has 4 rings (SSSR count). The number of piperidine rings is 1. The van der Waals surface area contributed by atoms with Crippen LogP contribution >= 0.6 is 0 Å². The lowest BCUT2D eigenvalue weighted by Crippen LogP contribution is -2.41. The van der Waals surface area contributed by atoms with Gasteiger partial charge in [0.2, 0.25) is 0 Å². The van der Waals surface area contributed by atoms with Gasteiger partial charge in [-0.3, -0.25) is 4.90 Å². The number of hydrogen-bond donors (Lipinski definition) is 0. The Kier molecular flexibility index (Phi) is 8.19. The number of pyridine rings is 1. The van der Waals surface area contributed by atoms with Crippen molar-refractivity contribution in [3.05, 3.63) is 40.7 Å². The molecule has 204 valence electrons. The second kappa shape index (κ2) is 11.0. The monoisotopic (exact) mass is 513 g/mol. The second-order valence-electron chi connectivity index (χ2n) is 11.7. The summed E-state index contributed by atoms with van der Waals surface area (Å²) in [6.07, 6.45) is 3.58. The van der Waals surface area contributed by atoms with Crippen molar-refractivity contribution in [3.8, 4) is 0 Å². The summed E-state index contributed by atoms with van der Waals surface area (Å²) in [7, 11) is 0.